The molecule has 122 valence electrons. The second-order valence-electron chi connectivity index (χ2n) is 5.36. The Balaban J connectivity index is 1.82. The van der Waals surface area contributed by atoms with E-state index in [-0.39, 0.29) is 17.4 Å². The van der Waals surface area contributed by atoms with Crippen LogP contribution in [0, 0.1) is 19.7 Å². The van der Waals surface area contributed by atoms with Crippen molar-refractivity contribution in [3.05, 3.63) is 71.1 Å². The van der Waals surface area contributed by atoms with Gasteiger partial charge in [0.15, 0.2) is 5.69 Å². The van der Waals surface area contributed by atoms with Gasteiger partial charge in [0.1, 0.15) is 5.82 Å². The van der Waals surface area contributed by atoms with Gasteiger partial charge < -0.3 is 5.32 Å². The Bertz CT molecular complexity index is 876. The molecule has 0 saturated heterocycles. The molecule has 1 N–H and O–H groups in total. The fourth-order valence-electron chi connectivity index (χ4n) is 2.36. The van der Waals surface area contributed by atoms with Crippen molar-refractivity contribution >= 4 is 5.91 Å². The van der Waals surface area contributed by atoms with Crippen LogP contribution in [0.4, 0.5) is 4.39 Å². The minimum atomic E-state index is -0.329. The van der Waals surface area contributed by atoms with E-state index in [4.69, 9.17) is 0 Å². The van der Waals surface area contributed by atoms with Crippen molar-refractivity contribution in [1.82, 2.24) is 25.3 Å². The summed E-state index contributed by atoms with van der Waals surface area (Å²) in [7, 11) is 0. The number of benzene rings is 1. The predicted molar refractivity (Wildman–Crippen MR) is 86.2 cm³/mol. The molecule has 0 spiro atoms. The molecule has 0 unspecified atom stereocenters. The number of halogens is 1. The first-order chi connectivity index (χ1) is 11.6. The highest BCUT2D eigenvalue weighted by Crippen LogP contribution is 2.18. The SMILES string of the molecule is Cc1c(F)cccc1-n1nnc(C(=O)NCc2ccncc2)c1C. The Morgan fingerprint density at radius 2 is 1.96 bits per heavy atom. The molecule has 3 aromatic rings. The van der Waals surface area contributed by atoms with E-state index in [9.17, 15) is 9.18 Å². The number of carbonyl (C=O) groups is 1. The fourth-order valence-corrected chi connectivity index (χ4v) is 2.36. The monoisotopic (exact) mass is 325 g/mol. The third kappa shape index (κ3) is 3.01. The molecule has 0 radical (unpaired) electrons. The van der Waals surface area contributed by atoms with Gasteiger partial charge in [-0.05, 0) is 43.7 Å². The molecule has 0 atom stereocenters. The van der Waals surface area contributed by atoms with E-state index in [1.54, 1.807) is 38.4 Å². The normalized spacial score (nSPS) is 10.6. The van der Waals surface area contributed by atoms with Gasteiger partial charge in [0.25, 0.3) is 5.91 Å². The van der Waals surface area contributed by atoms with Crippen molar-refractivity contribution in [2.45, 2.75) is 20.4 Å². The van der Waals surface area contributed by atoms with E-state index in [0.717, 1.165) is 5.56 Å². The van der Waals surface area contributed by atoms with Crippen molar-refractivity contribution in [3.8, 4) is 5.69 Å². The van der Waals surface area contributed by atoms with E-state index in [1.165, 1.54) is 10.7 Å². The van der Waals surface area contributed by atoms with Crippen molar-refractivity contribution in [1.29, 1.82) is 0 Å². The summed E-state index contributed by atoms with van der Waals surface area (Å²) < 4.78 is 15.2. The van der Waals surface area contributed by atoms with Crippen LogP contribution < -0.4 is 5.32 Å². The van der Waals surface area contributed by atoms with Crippen LogP contribution >= 0.6 is 0 Å². The van der Waals surface area contributed by atoms with Gasteiger partial charge in [-0.1, -0.05) is 11.3 Å². The molecule has 0 bridgehead atoms. The Hall–Kier alpha value is -3.09. The van der Waals surface area contributed by atoms with Crippen LogP contribution in [-0.4, -0.2) is 25.9 Å². The number of carbonyl (C=O) groups excluding carboxylic acids is 1. The second kappa shape index (κ2) is 6.57. The molecular weight excluding hydrogens is 309 g/mol. The number of pyridine rings is 1. The number of hydrogen-bond acceptors (Lipinski definition) is 4. The lowest BCUT2D eigenvalue weighted by Gasteiger charge is -2.08. The molecule has 6 nitrogen and oxygen atoms in total. The number of nitrogens with one attached hydrogen (secondary N) is 1. The molecule has 0 fully saturated rings. The summed E-state index contributed by atoms with van der Waals surface area (Å²) in [5, 5.41) is 10.7. The molecule has 1 aromatic carbocycles. The molecule has 24 heavy (non-hydrogen) atoms. The van der Waals surface area contributed by atoms with E-state index in [0.29, 0.717) is 23.5 Å². The van der Waals surface area contributed by atoms with Crippen molar-refractivity contribution in [3.63, 3.8) is 0 Å². The highest BCUT2D eigenvalue weighted by molar-refractivity contribution is 5.93. The fraction of sp³-hybridized carbons (Fsp3) is 0.176. The Kier molecular flexibility index (Phi) is 4.33. The van der Waals surface area contributed by atoms with Gasteiger partial charge in [0, 0.05) is 24.5 Å². The van der Waals surface area contributed by atoms with Gasteiger partial charge in [-0.25, -0.2) is 9.07 Å². The average molecular weight is 325 g/mol. The molecular formula is C17H16FN5O. The van der Waals surface area contributed by atoms with Gasteiger partial charge in [-0.2, -0.15) is 0 Å². The van der Waals surface area contributed by atoms with Gasteiger partial charge in [0.2, 0.25) is 0 Å². The van der Waals surface area contributed by atoms with E-state index in [2.05, 4.69) is 20.6 Å². The van der Waals surface area contributed by atoms with Gasteiger partial charge in [-0.3, -0.25) is 9.78 Å². The maximum atomic E-state index is 13.7. The smallest absolute Gasteiger partial charge is 0.274 e. The predicted octanol–water partition coefficient (Wildman–Crippen LogP) is 2.35. The summed E-state index contributed by atoms with van der Waals surface area (Å²) in [5.74, 6) is -0.657. The Labute approximate surface area is 138 Å². The number of aromatic nitrogens is 4. The van der Waals surface area contributed by atoms with Crippen LogP contribution in [0.3, 0.4) is 0 Å². The number of hydrogen-bond donors (Lipinski definition) is 1. The summed E-state index contributed by atoms with van der Waals surface area (Å²) in [5.41, 5.74) is 2.72. The number of rotatable bonds is 4. The average Bonchev–Trinajstić information content (AvgIpc) is 2.98. The van der Waals surface area contributed by atoms with Gasteiger partial charge in [-0.15, -0.1) is 5.10 Å². The minimum absolute atomic E-state index is 0.215. The molecule has 2 aromatic heterocycles. The van der Waals surface area contributed by atoms with E-state index in [1.807, 2.05) is 12.1 Å². The maximum Gasteiger partial charge on any atom is 0.274 e. The molecule has 7 heteroatoms. The van der Waals surface area contributed by atoms with Crippen molar-refractivity contribution < 1.29 is 9.18 Å². The van der Waals surface area contributed by atoms with Gasteiger partial charge in [0.05, 0.1) is 11.4 Å². The Morgan fingerprint density at radius 1 is 1.21 bits per heavy atom. The second-order valence-corrected chi connectivity index (χ2v) is 5.36. The van der Waals surface area contributed by atoms with Crippen LogP contribution in [0.25, 0.3) is 5.69 Å². The zero-order valence-electron chi connectivity index (χ0n) is 13.3. The zero-order valence-corrected chi connectivity index (χ0v) is 13.3. The molecule has 1 amide bonds. The minimum Gasteiger partial charge on any atom is -0.347 e. The van der Waals surface area contributed by atoms with E-state index >= 15 is 0 Å². The first-order valence-corrected chi connectivity index (χ1v) is 7.43. The largest absolute Gasteiger partial charge is 0.347 e. The number of nitrogens with zero attached hydrogens (tertiary/aromatic N) is 4. The third-order valence-electron chi connectivity index (χ3n) is 3.78. The molecule has 2 heterocycles. The zero-order chi connectivity index (χ0) is 17.1. The molecule has 0 saturated carbocycles. The third-order valence-corrected chi connectivity index (χ3v) is 3.78. The molecule has 0 aliphatic rings. The lowest BCUT2D eigenvalue weighted by Crippen LogP contribution is -2.24. The van der Waals surface area contributed by atoms with E-state index < -0.39 is 0 Å². The van der Waals surface area contributed by atoms with Crippen LogP contribution in [0.1, 0.15) is 27.3 Å². The molecule has 0 aliphatic carbocycles. The summed E-state index contributed by atoms with van der Waals surface area (Å²) in [6, 6.07) is 8.36. The Morgan fingerprint density at radius 3 is 2.71 bits per heavy atom. The summed E-state index contributed by atoms with van der Waals surface area (Å²) in [6.45, 7) is 3.76. The van der Waals surface area contributed by atoms with Crippen LogP contribution in [0.2, 0.25) is 0 Å². The van der Waals surface area contributed by atoms with Crippen molar-refractivity contribution in [2.75, 3.05) is 0 Å². The quantitative estimate of drug-likeness (QED) is 0.799. The molecule has 0 aliphatic heterocycles. The number of amides is 1. The highest BCUT2D eigenvalue weighted by Gasteiger charge is 2.18. The maximum absolute atomic E-state index is 13.7. The van der Waals surface area contributed by atoms with Crippen LogP contribution in [0.5, 0.6) is 0 Å². The first kappa shape index (κ1) is 15.8. The van der Waals surface area contributed by atoms with Crippen molar-refractivity contribution in [2.24, 2.45) is 0 Å². The lowest BCUT2D eigenvalue weighted by molar-refractivity contribution is 0.0945. The van der Waals surface area contributed by atoms with Crippen LogP contribution in [-0.2, 0) is 6.54 Å². The molecule has 3 rings (SSSR count). The van der Waals surface area contributed by atoms with Crippen LogP contribution in [0.15, 0.2) is 42.7 Å². The highest BCUT2D eigenvalue weighted by atomic mass is 19.1. The summed E-state index contributed by atoms with van der Waals surface area (Å²) in [6.07, 6.45) is 3.32. The van der Waals surface area contributed by atoms with Gasteiger partial charge >= 0.3 is 0 Å². The summed E-state index contributed by atoms with van der Waals surface area (Å²) in [4.78, 5) is 16.2. The topological polar surface area (TPSA) is 72.7 Å². The lowest BCUT2D eigenvalue weighted by atomic mass is 10.2. The standard InChI is InChI=1S/C17H16FN5O/c1-11-14(18)4-3-5-15(11)23-12(2)16(21-22-23)17(24)20-10-13-6-8-19-9-7-13/h3-9H,10H2,1-2H3,(H,20,24). The summed E-state index contributed by atoms with van der Waals surface area (Å²) >= 11 is 0. The first-order valence-electron chi connectivity index (χ1n) is 7.43.